The highest BCUT2D eigenvalue weighted by atomic mass is 32.1. The fourth-order valence-corrected chi connectivity index (χ4v) is 3.17. The van der Waals surface area contributed by atoms with Gasteiger partial charge >= 0.3 is 5.97 Å². The highest BCUT2D eigenvalue weighted by molar-refractivity contribution is 7.11. The quantitative estimate of drug-likeness (QED) is 0.821. The summed E-state index contributed by atoms with van der Waals surface area (Å²) in [6.45, 7) is 9.22. The van der Waals surface area contributed by atoms with E-state index < -0.39 is 23.2 Å². The van der Waals surface area contributed by atoms with E-state index in [0.717, 1.165) is 6.42 Å². The lowest BCUT2D eigenvalue weighted by Gasteiger charge is -2.27. The molecule has 0 radical (unpaired) electrons. The fourth-order valence-electron chi connectivity index (χ4n) is 2.15. The van der Waals surface area contributed by atoms with Gasteiger partial charge in [0.05, 0.1) is 0 Å². The molecule has 0 aliphatic heterocycles. The van der Waals surface area contributed by atoms with Gasteiger partial charge in [-0.2, -0.15) is 0 Å². The molecule has 112 valence electrons. The second kappa shape index (κ2) is 6.39. The third kappa shape index (κ3) is 4.63. The van der Waals surface area contributed by atoms with Crippen LogP contribution >= 0.6 is 11.3 Å². The van der Waals surface area contributed by atoms with Crippen LogP contribution in [0.3, 0.4) is 0 Å². The van der Waals surface area contributed by atoms with E-state index in [1.165, 1.54) is 9.75 Å². The van der Waals surface area contributed by atoms with Gasteiger partial charge in [-0.25, -0.2) is 0 Å². The first kappa shape index (κ1) is 16.7. The van der Waals surface area contributed by atoms with Crippen LogP contribution in [0.15, 0.2) is 12.1 Å². The summed E-state index contributed by atoms with van der Waals surface area (Å²) in [7, 11) is 0. The second-order valence-electron chi connectivity index (χ2n) is 6.26. The third-order valence-corrected chi connectivity index (χ3v) is 4.09. The Morgan fingerprint density at radius 3 is 2.35 bits per heavy atom. The zero-order chi connectivity index (χ0) is 15.5. The number of hydrogen-bond donors (Lipinski definition) is 2. The minimum absolute atomic E-state index is 0.0789. The van der Waals surface area contributed by atoms with Crippen LogP contribution in [0.1, 0.15) is 37.4 Å². The topological polar surface area (TPSA) is 66.4 Å². The molecule has 1 aromatic rings. The molecule has 5 heteroatoms. The number of thiophene rings is 1. The lowest BCUT2D eigenvalue weighted by atomic mass is 9.80. The van der Waals surface area contributed by atoms with E-state index in [0.29, 0.717) is 0 Å². The Bertz CT molecular complexity index is 488. The fraction of sp³-hybridized carbons (Fsp3) is 0.600. The standard InChI is InChI=1S/C15H23NO3S/c1-9(8-11-7-6-10(2)20-11)16-13(17)12(14(18)19)15(3,4)5/h6-7,9,12H,8H2,1-5H3,(H,16,17)(H,18,19). The molecule has 0 bridgehead atoms. The first-order valence-corrected chi connectivity index (χ1v) is 7.51. The van der Waals surface area contributed by atoms with Gasteiger partial charge in [-0.15, -0.1) is 11.3 Å². The lowest BCUT2D eigenvalue weighted by molar-refractivity contribution is -0.151. The van der Waals surface area contributed by atoms with Gasteiger partial charge in [0, 0.05) is 22.2 Å². The summed E-state index contributed by atoms with van der Waals surface area (Å²) in [5, 5.41) is 12.0. The van der Waals surface area contributed by atoms with Crippen molar-refractivity contribution in [1.29, 1.82) is 0 Å². The molecule has 0 saturated heterocycles. The number of aliphatic carboxylic acids is 1. The second-order valence-corrected chi connectivity index (χ2v) is 7.64. The van der Waals surface area contributed by atoms with Gasteiger partial charge < -0.3 is 10.4 Å². The number of carbonyl (C=O) groups excluding carboxylic acids is 1. The molecule has 0 aromatic carbocycles. The summed E-state index contributed by atoms with van der Waals surface area (Å²) in [6, 6.07) is 4.01. The molecule has 1 amide bonds. The number of rotatable bonds is 5. The molecule has 1 aromatic heterocycles. The Kier molecular flexibility index (Phi) is 5.34. The van der Waals surface area contributed by atoms with E-state index in [1.807, 2.05) is 26.0 Å². The van der Waals surface area contributed by atoms with Crippen LogP contribution in [0.4, 0.5) is 0 Å². The normalized spacial score (nSPS) is 14.7. The van der Waals surface area contributed by atoms with Crippen LogP contribution in [0.25, 0.3) is 0 Å². The maximum Gasteiger partial charge on any atom is 0.316 e. The van der Waals surface area contributed by atoms with Crippen molar-refractivity contribution in [3.05, 3.63) is 21.9 Å². The number of carbonyl (C=O) groups is 2. The predicted octanol–water partition coefficient (Wildman–Crippen LogP) is 2.85. The van der Waals surface area contributed by atoms with E-state index in [9.17, 15) is 14.7 Å². The van der Waals surface area contributed by atoms with Gasteiger partial charge in [0.1, 0.15) is 5.92 Å². The molecular weight excluding hydrogens is 274 g/mol. The van der Waals surface area contributed by atoms with Crippen LogP contribution in [-0.4, -0.2) is 23.0 Å². The molecule has 20 heavy (non-hydrogen) atoms. The largest absolute Gasteiger partial charge is 0.481 e. The van der Waals surface area contributed by atoms with Crippen molar-refractivity contribution in [2.45, 2.75) is 47.1 Å². The Morgan fingerprint density at radius 2 is 1.95 bits per heavy atom. The molecule has 1 heterocycles. The number of nitrogens with one attached hydrogen (secondary N) is 1. The molecule has 4 nitrogen and oxygen atoms in total. The summed E-state index contributed by atoms with van der Waals surface area (Å²) >= 11 is 1.70. The van der Waals surface area contributed by atoms with Crippen molar-refractivity contribution < 1.29 is 14.7 Å². The van der Waals surface area contributed by atoms with Gasteiger partial charge in [0.25, 0.3) is 0 Å². The van der Waals surface area contributed by atoms with Crippen LogP contribution in [0, 0.1) is 18.3 Å². The van der Waals surface area contributed by atoms with Crippen molar-refractivity contribution in [1.82, 2.24) is 5.32 Å². The maximum atomic E-state index is 12.1. The average Bonchev–Trinajstić information content (AvgIpc) is 2.59. The van der Waals surface area contributed by atoms with Gasteiger partial charge in [-0.3, -0.25) is 9.59 Å². The number of aryl methyl sites for hydroxylation is 1. The number of amides is 1. The predicted molar refractivity (Wildman–Crippen MR) is 80.9 cm³/mol. The monoisotopic (exact) mass is 297 g/mol. The summed E-state index contributed by atoms with van der Waals surface area (Å²) < 4.78 is 0. The molecule has 1 rings (SSSR count). The first-order valence-electron chi connectivity index (χ1n) is 6.69. The van der Waals surface area contributed by atoms with Crippen LogP contribution < -0.4 is 5.32 Å². The highest BCUT2D eigenvalue weighted by Gasteiger charge is 2.38. The van der Waals surface area contributed by atoms with Crippen LogP contribution in [-0.2, 0) is 16.0 Å². The number of hydrogen-bond acceptors (Lipinski definition) is 3. The Hall–Kier alpha value is -1.36. The molecule has 2 N–H and O–H groups in total. The van der Waals surface area contributed by atoms with Crippen molar-refractivity contribution in [3.8, 4) is 0 Å². The average molecular weight is 297 g/mol. The molecule has 2 atom stereocenters. The van der Waals surface area contributed by atoms with Gasteiger partial charge in [0.15, 0.2) is 0 Å². The molecule has 0 saturated carbocycles. The van der Waals surface area contributed by atoms with Gasteiger partial charge in [-0.05, 0) is 31.4 Å². The Labute approximate surface area is 124 Å². The number of carboxylic acid groups (broad SMARTS) is 1. The zero-order valence-electron chi connectivity index (χ0n) is 12.7. The molecular formula is C15H23NO3S. The van der Waals surface area contributed by atoms with Crippen molar-refractivity contribution in [3.63, 3.8) is 0 Å². The summed E-state index contributed by atoms with van der Waals surface area (Å²) in [4.78, 5) is 25.8. The summed E-state index contributed by atoms with van der Waals surface area (Å²) in [5.41, 5.74) is -0.602. The highest BCUT2D eigenvalue weighted by Crippen LogP contribution is 2.26. The lowest BCUT2D eigenvalue weighted by Crippen LogP contribution is -2.46. The molecule has 2 unspecified atom stereocenters. The SMILES string of the molecule is Cc1ccc(CC(C)NC(=O)C(C(=O)O)C(C)(C)C)s1. The molecule has 0 aliphatic carbocycles. The summed E-state index contributed by atoms with van der Waals surface area (Å²) in [6.07, 6.45) is 0.723. The van der Waals surface area contributed by atoms with Crippen LogP contribution in [0.2, 0.25) is 0 Å². The van der Waals surface area contributed by atoms with Crippen molar-refractivity contribution in [2.75, 3.05) is 0 Å². The minimum atomic E-state index is -1.07. The van der Waals surface area contributed by atoms with Crippen molar-refractivity contribution in [2.24, 2.45) is 11.3 Å². The molecule has 0 aliphatic rings. The number of carboxylic acids is 1. The van der Waals surface area contributed by atoms with Gasteiger partial charge in [-0.1, -0.05) is 20.8 Å². The van der Waals surface area contributed by atoms with E-state index in [4.69, 9.17) is 0 Å². The molecule has 0 fully saturated rings. The smallest absolute Gasteiger partial charge is 0.316 e. The van der Waals surface area contributed by atoms with Crippen molar-refractivity contribution >= 4 is 23.2 Å². The van der Waals surface area contributed by atoms with E-state index in [-0.39, 0.29) is 6.04 Å². The minimum Gasteiger partial charge on any atom is -0.481 e. The zero-order valence-corrected chi connectivity index (χ0v) is 13.5. The first-order chi connectivity index (χ1) is 9.11. The Morgan fingerprint density at radius 1 is 1.35 bits per heavy atom. The maximum absolute atomic E-state index is 12.1. The summed E-state index contributed by atoms with van der Waals surface area (Å²) in [5.74, 6) is -2.52. The van der Waals surface area contributed by atoms with E-state index >= 15 is 0 Å². The van der Waals surface area contributed by atoms with Gasteiger partial charge in [0.2, 0.25) is 5.91 Å². The van der Waals surface area contributed by atoms with E-state index in [1.54, 1.807) is 32.1 Å². The third-order valence-electron chi connectivity index (χ3n) is 3.07. The Balaban J connectivity index is 2.66. The van der Waals surface area contributed by atoms with E-state index in [2.05, 4.69) is 5.32 Å². The van der Waals surface area contributed by atoms with Crippen LogP contribution in [0.5, 0.6) is 0 Å². The molecule has 0 spiro atoms.